The Labute approximate surface area is 134 Å². The highest BCUT2D eigenvalue weighted by Crippen LogP contribution is 2.24. The molecule has 1 amide bonds. The fraction of sp³-hybridized carbons (Fsp3) is 0.611. The lowest BCUT2D eigenvalue weighted by Crippen LogP contribution is -2.33. The van der Waals surface area contributed by atoms with E-state index in [9.17, 15) is 4.79 Å². The summed E-state index contributed by atoms with van der Waals surface area (Å²) in [5.74, 6) is 0.901. The number of benzene rings is 1. The fourth-order valence-corrected chi connectivity index (χ4v) is 2.87. The first-order valence-electron chi connectivity index (χ1n) is 8.49. The molecule has 0 aliphatic carbocycles. The molecule has 4 nitrogen and oxygen atoms in total. The molecule has 1 N–H and O–H groups in total. The molecule has 4 heteroatoms. The molecule has 1 heterocycles. The molecule has 1 aliphatic rings. The average Bonchev–Trinajstić information content (AvgIpc) is 2.54. The molecule has 0 spiro atoms. The van der Waals surface area contributed by atoms with E-state index >= 15 is 0 Å². The fourth-order valence-electron chi connectivity index (χ4n) is 2.87. The van der Waals surface area contributed by atoms with Crippen LogP contribution in [0.4, 0.5) is 11.4 Å². The van der Waals surface area contributed by atoms with Crippen LogP contribution in [0, 0.1) is 5.92 Å². The van der Waals surface area contributed by atoms with Gasteiger partial charge in [0.2, 0.25) is 5.91 Å². The van der Waals surface area contributed by atoms with Crippen LogP contribution in [0.2, 0.25) is 0 Å². The Hall–Kier alpha value is -1.55. The molecule has 0 atom stereocenters. The summed E-state index contributed by atoms with van der Waals surface area (Å²) in [7, 11) is 0. The number of hydrogen-bond acceptors (Lipinski definition) is 3. The van der Waals surface area contributed by atoms with E-state index in [1.165, 1.54) is 18.5 Å². The first-order valence-corrected chi connectivity index (χ1v) is 8.49. The summed E-state index contributed by atoms with van der Waals surface area (Å²) in [6.45, 7) is 11.0. The van der Waals surface area contributed by atoms with Crippen LogP contribution in [0.25, 0.3) is 0 Å². The summed E-state index contributed by atoms with van der Waals surface area (Å²) in [5, 5.41) is 2.98. The second-order valence-corrected chi connectivity index (χ2v) is 6.23. The molecular weight excluding hydrogens is 274 g/mol. The highest BCUT2D eigenvalue weighted by Gasteiger charge is 2.16. The van der Waals surface area contributed by atoms with Gasteiger partial charge in [0.25, 0.3) is 0 Å². The second-order valence-electron chi connectivity index (χ2n) is 6.23. The second kappa shape index (κ2) is 8.18. The summed E-state index contributed by atoms with van der Waals surface area (Å²) in [5.41, 5.74) is 2.14. The maximum Gasteiger partial charge on any atom is 0.238 e. The highest BCUT2D eigenvalue weighted by atomic mass is 16.2. The van der Waals surface area contributed by atoms with Gasteiger partial charge in [-0.3, -0.25) is 9.69 Å². The Morgan fingerprint density at radius 3 is 2.32 bits per heavy atom. The van der Waals surface area contributed by atoms with Crippen molar-refractivity contribution in [2.24, 2.45) is 5.92 Å². The standard InChI is InChI=1S/C18H29N3O/c1-4-20(5-2)14-18(22)19-16-6-8-17(9-7-16)21-12-10-15(3)11-13-21/h6-9,15H,4-5,10-14H2,1-3H3,(H,19,22). The van der Waals surface area contributed by atoms with Crippen LogP contribution in [0.15, 0.2) is 24.3 Å². The van der Waals surface area contributed by atoms with Gasteiger partial charge in [-0.25, -0.2) is 0 Å². The molecule has 0 bridgehead atoms. The highest BCUT2D eigenvalue weighted by molar-refractivity contribution is 5.92. The van der Waals surface area contributed by atoms with Gasteiger partial charge >= 0.3 is 0 Å². The summed E-state index contributed by atoms with van der Waals surface area (Å²) >= 11 is 0. The number of rotatable bonds is 6. The topological polar surface area (TPSA) is 35.6 Å². The number of piperidine rings is 1. The number of carbonyl (C=O) groups excluding carboxylic acids is 1. The molecule has 1 aromatic rings. The lowest BCUT2D eigenvalue weighted by atomic mass is 9.99. The van der Waals surface area contributed by atoms with Gasteiger partial charge in [-0.2, -0.15) is 0 Å². The molecular formula is C18H29N3O. The zero-order valence-electron chi connectivity index (χ0n) is 14.1. The van der Waals surface area contributed by atoms with Crippen LogP contribution in [0.1, 0.15) is 33.6 Å². The van der Waals surface area contributed by atoms with Crippen molar-refractivity contribution >= 4 is 17.3 Å². The van der Waals surface area contributed by atoms with Crippen molar-refractivity contribution in [1.29, 1.82) is 0 Å². The van der Waals surface area contributed by atoms with Crippen molar-refractivity contribution in [2.45, 2.75) is 33.6 Å². The SMILES string of the molecule is CCN(CC)CC(=O)Nc1ccc(N2CCC(C)CC2)cc1. The van der Waals surface area contributed by atoms with Crippen LogP contribution in [-0.2, 0) is 4.79 Å². The van der Waals surface area contributed by atoms with Crippen LogP contribution >= 0.6 is 0 Å². The monoisotopic (exact) mass is 303 g/mol. The van der Waals surface area contributed by atoms with Crippen molar-refractivity contribution < 1.29 is 4.79 Å². The number of hydrogen-bond donors (Lipinski definition) is 1. The van der Waals surface area contributed by atoms with E-state index in [4.69, 9.17) is 0 Å². The van der Waals surface area contributed by atoms with Gasteiger partial charge in [-0.15, -0.1) is 0 Å². The third kappa shape index (κ3) is 4.73. The molecule has 22 heavy (non-hydrogen) atoms. The molecule has 1 aliphatic heterocycles. The van der Waals surface area contributed by atoms with Crippen LogP contribution in [0.5, 0.6) is 0 Å². The number of likely N-dealkylation sites (N-methyl/N-ethyl adjacent to an activating group) is 1. The number of amides is 1. The lowest BCUT2D eigenvalue weighted by molar-refractivity contribution is -0.117. The molecule has 1 aromatic carbocycles. The molecule has 0 saturated carbocycles. The molecule has 0 radical (unpaired) electrons. The molecule has 122 valence electrons. The molecule has 1 saturated heterocycles. The normalized spacial score (nSPS) is 16.1. The maximum absolute atomic E-state index is 12.0. The summed E-state index contributed by atoms with van der Waals surface area (Å²) in [6, 6.07) is 8.24. The first-order chi connectivity index (χ1) is 10.6. The van der Waals surface area contributed by atoms with Gasteiger partial charge in [0.15, 0.2) is 0 Å². The van der Waals surface area contributed by atoms with Crippen molar-refractivity contribution in [3.8, 4) is 0 Å². The van der Waals surface area contributed by atoms with Crippen molar-refractivity contribution in [1.82, 2.24) is 4.90 Å². The Morgan fingerprint density at radius 1 is 1.18 bits per heavy atom. The van der Waals surface area contributed by atoms with Gasteiger partial charge in [-0.05, 0) is 56.1 Å². The van der Waals surface area contributed by atoms with Crippen molar-refractivity contribution in [2.75, 3.05) is 42.9 Å². The predicted molar refractivity (Wildman–Crippen MR) is 93.5 cm³/mol. The van der Waals surface area contributed by atoms with Crippen molar-refractivity contribution in [3.63, 3.8) is 0 Å². The van der Waals surface area contributed by atoms with E-state index in [1.54, 1.807) is 0 Å². The zero-order valence-corrected chi connectivity index (χ0v) is 14.1. The largest absolute Gasteiger partial charge is 0.372 e. The summed E-state index contributed by atoms with van der Waals surface area (Å²) < 4.78 is 0. The zero-order chi connectivity index (χ0) is 15.9. The van der Waals surface area contributed by atoms with Gasteiger partial charge in [-0.1, -0.05) is 20.8 Å². The maximum atomic E-state index is 12.0. The minimum atomic E-state index is 0.0586. The number of nitrogens with zero attached hydrogens (tertiary/aromatic N) is 2. The minimum Gasteiger partial charge on any atom is -0.372 e. The van der Waals surface area contributed by atoms with E-state index in [1.807, 2.05) is 12.1 Å². The lowest BCUT2D eigenvalue weighted by Gasteiger charge is -2.32. The Kier molecular flexibility index (Phi) is 6.25. The quantitative estimate of drug-likeness (QED) is 0.876. The third-order valence-electron chi connectivity index (χ3n) is 4.56. The van der Waals surface area contributed by atoms with E-state index in [2.05, 4.69) is 48.0 Å². The molecule has 1 fully saturated rings. The molecule has 0 aromatic heterocycles. The summed E-state index contributed by atoms with van der Waals surface area (Å²) in [6.07, 6.45) is 2.53. The van der Waals surface area contributed by atoms with Crippen LogP contribution in [-0.4, -0.2) is 43.5 Å². The number of carbonyl (C=O) groups is 1. The van der Waals surface area contributed by atoms with Gasteiger partial charge in [0.05, 0.1) is 6.54 Å². The van der Waals surface area contributed by atoms with Gasteiger partial charge < -0.3 is 10.2 Å². The van der Waals surface area contributed by atoms with Crippen LogP contribution in [0.3, 0.4) is 0 Å². The summed E-state index contributed by atoms with van der Waals surface area (Å²) in [4.78, 5) is 16.5. The van der Waals surface area contributed by atoms with E-state index < -0.39 is 0 Å². The number of anilines is 2. The Balaban J connectivity index is 1.87. The Bertz CT molecular complexity index is 460. The molecule has 2 rings (SSSR count). The van der Waals surface area contributed by atoms with E-state index in [0.717, 1.165) is 37.8 Å². The third-order valence-corrected chi connectivity index (χ3v) is 4.56. The van der Waals surface area contributed by atoms with E-state index in [-0.39, 0.29) is 5.91 Å². The smallest absolute Gasteiger partial charge is 0.238 e. The van der Waals surface area contributed by atoms with Gasteiger partial charge in [0, 0.05) is 24.5 Å². The first kappa shape index (κ1) is 16.8. The van der Waals surface area contributed by atoms with Crippen LogP contribution < -0.4 is 10.2 Å². The minimum absolute atomic E-state index is 0.0586. The van der Waals surface area contributed by atoms with Gasteiger partial charge in [0.1, 0.15) is 0 Å². The Morgan fingerprint density at radius 2 is 1.77 bits per heavy atom. The molecule has 0 unspecified atom stereocenters. The average molecular weight is 303 g/mol. The van der Waals surface area contributed by atoms with E-state index in [0.29, 0.717) is 6.54 Å². The predicted octanol–water partition coefficient (Wildman–Crippen LogP) is 3.20. The number of nitrogens with one attached hydrogen (secondary N) is 1. The van der Waals surface area contributed by atoms with Crippen molar-refractivity contribution in [3.05, 3.63) is 24.3 Å².